The third-order valence-corrected chi connectivity index (χ3v) is 5.47. The highest BCUT2D eigenvalue weighted by atomic mass is 127. The van der Waals surface area contributed by atoms with Crippen LogP contribution in [0.3, 0.4) is 0 Å². The van der Waals surface area contributed by atoms with Crippen LogP contribution < -0.4 is 10.2 Å². The lowest BCUT2D eigenvalue weighted by Gasteiger charge is -2.39. The van der Waals surface area contributed by atoms with Gasteiger partial charge in [0.2, 0.25) is 0 Å². The van der Waals surface area contributed by atoms with Crippen LogP contribution in [0, 0.1) is 0 Å². The van der Waals surface area contributed by atoms with Gasteiger partial charge >= 0.3 is 6.09 Å². The molecule has 0 bridgehead atoms. The largest absolute Gasteiger partial charge is 0.444 e. The zero-order valence-electron chi connectivity index (χ0n) is 18.5. The molecule has 1 amide bonds. The molecule has 1 unspecified atom stereocenters. The van der Waals surface area contributed by atoms with E-state index >= 15 is 0 Å². The number of aliphatic imine (C=N–C) groups is 1. The van der Waals surface area contributed by atoms with Crippen molar-refractivity contribution >= 4 is 41.8 Å². The number of ether oxygens (including phenoxy) is 2. The normalized spacial score (nSPS) is 21.2. The van der Waals surface area contributed by atoms with Crippen molar-refractivity contribution in [2.24, 2.45) is 4.99 Å². The number of anilines is 1. The summed E-state index contributed by atoms with van der Waals surface area (Å²) in [5, 5.41) is 3.50. The van der Waals surface area contributed by atoms with Gasteiger partial charge in [0, 0.05) is 51.0 Å². The van der Waals surface area contributed by atoms with Crippen molar-refractivity contribution in [1.29, 1.82) is 0 Å². The molecule has 3 aliphatic rings. The van der Waals surface area contributed by atoms with E-state index in [2.05, 4.69) is 26.2 Å². The molecule has 0 saturated carbocycles. The average Bonchev–Trinajstić information content (AvgIpc) is 3.14. The van der Waals surface area contributed by atoms with E-state index in [0.29, 0.717) is 26.2 Å². The van der Waals surface area contributed by atoms with Gasteiger partial charge in [0.1, 0.15) is 11.4 Å². The number of carbonyl (C=O) groups excluding carboxylic acids is 1. The van der Waals surface area contributed by atoms with Crippen molar-refractivity contribution in [3.63, 3.8) is 0 Å². The Morgan fingerprint density at radius 1 is 1.26 bits per heavy atom. The zero-order chi connectivity index (χ0) is 21.1. The number of morpholine rings is 1. The predicted molar refractivity (Wildman–Crippen MR) is 130 cm³/mol. The fourth-order valence-electron chi connectivity index (χ4n) is 4.03. The van der Waals surface area contributed by atoms with Crippen LogP contribution in [0.15, 0.2) is 23.3 Å². The molecule has 2 saturated heterocycles. The Kier molecular flexibility index (Phi) is 7.84. The molecule has 4 rings (SSSR count). The minimum Gasteiger partial charge on any atom is -0.444 e. The first-order chi connectivity index (χ1) is 14.4. The zero-order valence-corrected chi connectivity index (χ0v) is 20.9. The molecule has 4 heterocycles. The molecule has 10 heteroatoms. The Balaban J connectivity index is 0.00000272. The minimum atomic E-state index is -0.477. The Hall–Kier alpha value is -1.82. The summed E-state index contributed by atoms with van der Waals surface area (Å²) < 4.78 is 11.0. The highest BCUT2D eigenvalue weighted by molar-refractivity contribution is 14.0. The van der Waals surface area contributed by atoms with Crippen LogP contribution in [0.4, 0.5) is 10.6 Å². The number of hydrogen-bond donors (Lipinski definition) is 1. The maximum atomic E-state index is 12.4. The van der Waals surface area contributed by atoms with Gasteiger partial charge in [-0.05, 0) is 26.8 Å². The van der Waals surface area contributed by atoms with E-state index < -0.39 is 5.60 Å². The van der Waals surface area contributed by atoms with Crippen LogP contribution in [0.25, 0.3) is 0 Å². The molecule has 9 nitrogen and oxygen atoms in total. The van der Waals surface area contributed by atoms with Gasteiger partial charge in [-0.1, -0.05) is 6.07 Å². The molecule has 0 radical (unpaired) electrons. The van der Waals surface area contributed by atoms with Crippen molar-refractivity contribution in [1.82, 2.24) is 20.1 Å². The van der Waals surface area contributed by atoms with Crippen LogP contribution in [0.2, 0.25) is 0 Å². The lowest BCUT2D eigenvalue weighted by molar-refractivity contribution is 0.0137. The molecule has 0 aromatic carbocycles. The molecule has 1 N–H and O–H groups in total. The number of nitrogens with one attached hydrogen (secondary N) is 1. The van der Waals surface area contributed by atoms with Gasteiger partial charge in [-0.15, -0.1) is 24.0 Å². The number of fused-ring (bicyclic) bond motifs is 1. The summed E-state index contributed by atoms with van der Waals surface area (Å²) in [6.45, 7) is 12.2. The van der Waals surface area contributed by atoms with Crippen molar-refractivity contribution < 1.29 is 14.3 Å². The number of carbonyl (C=O) groups is 1. The van der Waals surface area contributed by atoms with Crippen LogP contribution >= 0.6 is 24.0 Å². The maximum Gasteiger partial charge on any atom is 0.410 e. The molecule has 172 valence electrons. The van der Waals surface area contributed by atoms with Crippen LogP contribution in [0.1, 0.15) is 26.3 Å². The second kappa shape index (κ2) is 10.2. The molecule has 0 aliphatic carbocycles. The van der Waals surface area contributed by atoms with Gasteiger partial charge in [-0.25, -0.2) is 9.78 Å². The summed E-state index contributed by atoms with van der Waals surface area (Å²) in [7, 11) is 0. The van der Waals surface area contributed by atoms with Gasteiger partial charge < -0.3 is 29.5 Å². The van der Waals surface area contributed by atoms with Crippen molar-refractivity contribution in [3.8, 4) is 0 Å². The van der Waals surface area contributed by atoms with Crippen LogP contribution in [-0.2, 0) is 16.0 Å². The topological polar surface area (TPSA) is 82.5 Å². The van der Waals surface area contributed by atoms with Gasteiger partial charge in [0.05, 0.1) is 25.8 Å². The number of pyridine rings is 1. The number of piperazine rings is 1. The third-order valence-electron chi connectivity index (χ3n) is 5.47. The Morgan fingerprint density at radius 3 is 2.77 bits per heavy atom. The van der Waals surface area contributed by atoms with E-state index in [0.717, 1.165) is 50.2 Å². The summed E-state index contributed by atoms with van der Waals surface area (Å²) in [6.07, 6.45) is 1.60. The summed E-state index contributed by atoms with van der Waals surface area (Å²) in [5.74, 6) is 1.92. The second-order valence-corrected chi connectivity index (χ2v) is 8.88. The summed E-state index contributed by atoms with van der Waals surface area (Å²) in [4.78, 5) is 28.0. The average molecular weight is 544 g/mol. The van der Waals surface area contributed by atoms with E-state index in [-0.39, 0.29) is 36.1 Å². The quantitative estimate of drug-likeness (QED) is 0.583. The summed E-state index contributed by atoms with van der Waals surface area (Å²) in [6, 6.07) is 4.28. The Labute approximate surface area is 201 Å². The van der Waals surface area contributed by atoms with Crippen LogP contribution in [-0.4, -0.2) is 91.0 Å². The molecule has 1 aromatic heterocycles. The molecule has 31 heavy (non-hydrogen) atoms. The van der Waals surface area contributed by atoms with Crippen LogP contribution in [0.5, 0.6) is 0 Å². The minimum absolute atomic E-state index is 0. The molecule has 1 aromatic rings. The highest BCUT2D eigenvalue weighted by Gasteiger charge is 2.36. The van der Waals surface area contributed by atoms with E-state index in [9.17, 15) is 4.79 Å². The Bertz CT molecular complexity index is 794. The fourth-order valence-corrected chi connectivity index (χ4v) is 4.03. The Morgan fingerprint density at radius 2 is 2.03 bits per heavy atom. The first-order valence-electron chi connectivity index (χ1n) is 10.7. The van der Waals surface area contributed by atoms with Gasteiger partial charge in [0.25, 0.3) is 0 Å². The number of halogens is 1. The predicted octanol–water partition coefficient (Wildman–Crippen LogP) is 1.92. The van der Waals surface area contributed by atoms with E-state index in [4.69, 9.17) is 14.5 Å². The fraction of sp³-hybridized carbons (Fsp3) is 0.667. The number of rotatable bonds is 3. The molecular formula is C21H33IN6O3. The summed E-state index contributed by atoms with van der Waals surface area (Å²) in [5.41, 5.74) is 0.674. The van der Waals surface area contributed by atoms with E-state index in [1.54, 1.807) is 4.90 Å². The second-order valence-electron chi connectivity index (χ2n) is 8.88. The van der Waals surface area contributed by atoms with Gasteiger partial charge in [0.15, 0.2) is 5.96 Å². The lowest BCUT2D eigenvalue weighted by Crippen LogP contribution is -2.57. The number of nitrogens with zero attached hydrogens (tertiary/aromatic N) is 5. The molecule has 0 spiro atoms. The standard InChI is InChI=1S/C21H32N6O3.HI/c1-21(2,3)30-20(28)26-7-8-27-17(15-26)14-24-19(27)23-13-16-5-4-6-22-18(16)25-9-11-29-12-10-25;/h4-6,17H,7-15H2,1-3H3,(H,23,24);1H. The molecule has 1 atom stereocenters. The SMILES string of the molecule is CC(C)(C)OC(=O)N1CCN2C(NCc3cccnc3N3CCOCC3)=NCC2C1.I. The highest BCUT2D eigenvalue weighted by Crippen LogP contribution is 2.21. The van der Waals surface area contributed by atoms with Gasteiger partial charge in [-0.2, -0.15) is 0 Å². The molecule has 3 aliphatic heterocycles. The number of guanidine groups is 1. The smallest absolute Gasteiger partial charge is 0.410 e. The summed E-state index contributed by atoms with van der Waals surface area (Å²) >= 11 is 0. The van der Waals surface area contributed by atoms with E-state index in [1.807, 2.05) is 33.0 Å². The number of hydrogen-bond acceptors (Lipinski definition) is 8. The van der Waals surface area contributed by atoms with Crippen molar-refractivity contribution in [2.45, 2.75) is 39.0 Å². The lowest BCUT2D eigenvalue weighted by atomic mass is 10.2. The molecule has 2 fully saturated rings. The first-order valence-corrected chi connectivity index (χ1v) is 10.7. The first kappa shape index (κ1) is 23.8. The maximum absolute atomic E-state index is 12.4. The van der Waals surface area contributed by atoms with Gasteiger partial charge in [-0.3, -0.25) is 4.99 Å². The monoisotopic (exact) mass is 544 g/mol. The third kappa shape index (κ3) is 5.91. The van der Waals surface area contributed by atoms with E-state index in [1.165, 1.54) is 0 Å². The number of aromatic nitrogens is 1. The molecular weight excluding hydrogens is 511 g/mol. The number of amides is 1. The van der Waals surface area contributed by atoms with Crippen molar-refractivity contribution in [3.05, 3.63) is 23.9 Å². The van der Waals surface area contributed by atoms with Crippen molar-refractivity contribution in [2.75, 3.05) is 57.4 Å².